The number of carbonyl (C=O) groups is 2. The second-order valence-electron chi connectivity index (χ2n) is 9.64. The maximum atomic E-state index is 14.7. The Balaban J connectivity index is 1.94. The van der Waals surface area contributed by atoms with Crippen molar-refractivity contribution in [3.8, 4) is 5.75 Å². The molecule has 2 amide bonds. The number of nitrogens with one attached hydrogen (secondary N) is 1. The van der Waals surface area contributed by atoms with Crippen LogP contribution in [0.2, 0.25) is 0 Å². The number of para-hydroxylation sites is 1. The van der Waals surface area contributed by atoms with E-state index >= 15 is 0 Å². The number of hydrogen-bond donors (Lipinski definition) is 1. The van der Waals surface area contributed by atoms with E-state index in [4.69, 9.17) is 4.74 Å². The summed E-state index contributed by atoms with van der Waals surface area (Å²) in [5, 5.41) is 3.05. The summed E-state index contributed by atoms with van der Waals surface area (Å²) in [5.74, 6) is -1.17. The maximum absolute atomic E-state index is 14.7. The van der Waals surface area contributed by atoms with Crippen LogP contribution in [0.15, 0.2) is 48.5 Å². The van der Waals surface area contributed by atoms with Crippen molar-refractivity contribution in [1.29, 1.82) is 0 Å². The lowest BCUT2D eigenvalue weighted by molar-refractivity contribution is -0.139. The number of hydrogen-bond acceptors (Lipinski definition) is 5. The lowest BCUT2D eigenvalue weighted by atomic mass is 9.95. The van der Waals surface area contributed by atoms with Gasteiger partial charge in [0.2, 0.25) is 11.8 Å². The molecule has 9 nitrogen and oxygen atoms in total. The van der Waals surface area contributed by atoms with Crippen molar-refractivity contribution in [2.75, 3.05) is 32.1 Å². The normalized spacial score (nSPS) is 15.1. The van der Waals surface area contributed by atoms with Gasteiger partial charge in [0.25, 0.3) is 0 Å². The monoisotopic (exact) mass is 548 g/mol. The molecule has 0 heterocycles. The van der Waals surface area contributed by atoms with E-state index in [0.29, 0.717) is 11.3 Å². The number of nitrogens with zero attached hydrogens (tertiary/aromatic N) is 3. The highest BCUT2D eigenvalue weighted by atomic mass is 32.2. The molecule has 1 fully saturated rings. The molecule has 0 bridgehead atoms. The van der Waals surface area contributed by atoms with Gasteiger partial charge in [-0.2, -0.15) is 12.7 Å². The first-order chi connectivity index (χ1) is 18.0. The number of rotatable bonds is 11. The zero-order valence-electron chi connectivity index (χ0n) is 22.4. The predicted molar refractivity (Wildman–Crippen MR) is 144 cm³/mol. The summed E-state index contributed by atoms with van der Waals surface area (Å²) < 4.78 is 48.0. The van der Waals surface area contributed by atoms with Crippen LogP contribution in [0.5, 0.6) is 5.75 Å². The summed E-state index contributed by atoms with van der Waals surface area (Å²) in [6.45, 7) is 0.957. The summed E-state index contributed by atoms with van der Waals surface area (Å²) in [6.07, 6.45) is 4.96. The van der Waals surface area contributed by atoms with Gasteiger partial charge in [0.1, 0.15) is 24.2 Å². The van der Waals surface area contributed by atoms with Crippen molar-refractivity contribution in [2.24, 2.45) is 0 Å². The fourth-order valence-corrected chi connectivity index (χ4v) is 5.54. The zero-order chi connectivity index (χ0) is 27.9. The van der Waals surface area contributed by atoms with E-state index in [2.05, 4.69) is 5.32 Å². The Labute approximate surface area is 224 Å². The molecule has 0 aromatic heterocycles. The first-order valence-corrected chi connectivity index (χ1v) is 14.1. The summed E-state index contributed by atoms with van der Waals surface area (Å²) in [4.78, 5) is 28.4. The van der Waals surface area contributed by atoms with E-state index in [1.54, 1.807) is 31.2 Å². The van der Waals surface area contributed by atoms with Gasteiger partial charge in [-0.1, -0.05) is 43.5 Å². The van der Waals surface area contributed by atoms with E-state index < -0.39 is 34.5 Å². The minimum absolute atomic E-state index is 0.0302. The van der Waals surface area contributed by atoms with Crippen LogP contribution in [0.3, 0.4) is 0 Å². The summed E-state index contributed by atoms with van der Waals surface area (Å²) in [6, 6.07) is 11.6. The van der Waals surface area contributed by atoms with Crippen LogP contribution in [-0.2, 0) is 26.3 Å². The average Bonchev–Trinajstić information content (AvgIpc) is 2.90. The fraction of sp³-hybridized carbons (Fsp3) is 0.481. The minimum atomic E-state index is -4.24. The van der Waals surface area contributed by atoms with Gasteiger partial charge in [0, 0.05) is 26.7 Å². The van der Waals surface area contributed by atoms with E-state index in [1.807, 2.05) is 0 Å². The van der Waals surface area contributed by atoms with Gasteiger partial charge in [0.15, 0.2) is 0 Å². The second kappa shape index (κ2) is 13.1. The Morgan fingerprint density at radius 1 is 1.08 bits per heavy atom. The van der Waals surface area contributed by atoms with Crippen LogP contribution in [0.1, 0.15) is 44.6 Å². The van der Waals surface area contributed by atoms with Crippen LogP contribution in [0.25, 0.3) is 0 Å². The molecule has 0 radical (unpaired) electrons. The number of halogens is 1. The smallest absolute Gasteiger partial charge is 0.304 e. The average molecular weight is 549 g/mol. The molecule has 208 valence electrons. The number of benzene rings is 2. The summed E-state index contributed by atoms with van der Waals surface area (Å²) in [7, 11) is -0.0933. The molecule has 1 aliphatic carbocycles. The molecule has 3 rings (SSSR count). The van der Waals surface area contributed by atoms with Gasteiger partial charge in [0.05, 0.1) is 12.8 Å². The first kappa shape index (κ1) is 29.4. The van der Waals surface area contributed by atoms with Crippen molar-refractivity contribution < 1.29 is 27.1 Å². The maximum Gasteiger partial charge on any atom is 0.304 e. The Hall–Kier alpha value is -3.18. The molecule has 2 aromatic rings. The second-order valence-corrected chi connectivity index (χ2v) is 11.7. The fourth-order valence-electron chi connectivity index (χ4n) is 4.47. The Kier molecular flexibility index (Phi) is 10.1. The molecular weight excluding hydrogens is 511 g/mol. The highest BCUT2D eigenvalue weighted by Gasteiger charge is 2.34. The van der Waals surface area contributed by atoms with Gasteiger partial charge in [-0.25, -0.2) is 8.70 Å². The van der Waals surface area contributed by atoms with Crippen LogP contribution in [-0.4, -0.2) is 69.3 Å². The van der Waals surface area contributed by atoms with Crippen LogP contribution in [0, 0.1) is 5.82 Å². The molecule has 0 aliphatic heterocycles. The number of anilines is 1. The van der Waals surface area contributed by atoms with Gasteiger partial charge >= 0.3 is 10.2 Å². The third kappa shape index (κ3) is 7.22. The number of methoxy groups -OCH3 is 1. The van der Waals surface area contributed by atoms with E-state index in [0.717, 1.165) is 46.8 Å². The standard InChI is InChI=1S/C27H37FN4O5S/c1-20(27(34)29-22-12-6-5-7-13-22)31(18-21-11-10-14-23(17-21)37-4)26(33)19-32(38(35,36)30(2)3)25-16-9-8-15-24(25)28/h8-11,14-17,20,22H,5-7,12-13,18-19H2,1-4H3,(H,29,34)/t20-/m0/s1. The molecular formula is C27H37FN4O5S. The van der Waals surface area contributed by atoms with Crippen LogP contribution in [0.4, 0.5) is 10.1 Å². The lowest BCUT2D eigenvalue weighted by Crippen LogP contribution is -2.53. The zero-order valence-corrected chi connectivity index (χ0v) is 23.2. The van der Waals surface area contributed by atoms with E-state index in [-0.39, 0.29) is 24.2 Å². The molecule has 1 aliphatic rings. The molecule has 0 saturated heterocycles. The highest BCUT2D eigenvalue weighted by Crippen LogP contribution is 2.24. The van der Waals surface area contributed by atoms with E-state index in [1.165, 1.54) is 44.3 Å². The van der Waals surface area contributed by atoms with Crippen LogP contribution < -0.4 is 14.4 Å². The summed E-state index contributed by atoms with van der Waals surface area (Å²) in [5.41, 5.74) is 0.443. The van der Waals surface area contributed by atoms with Crippen molar-refractivity contribution in [3.05, 3.63) is 59.9 Å². The Bertz CT molecular complexity index is 1220. The van der Waals surface area contributed by atoms with Crippen molar-refractivity contribution >= 4 is 27.7 Å². The quantitative estimate of drug-likeness (QED) is 0.465. The molecule has 1 N–H and O–H groups in total. The molecule has 2 aromatic carbocycles. The largest absolute Gasteiger partial charge is 0.497 e. The van der Waals surface area contributed by atoms with E-state index in [9.17, 15) is 22.4 Å². The third-order valence-corrected chi connectivity index (χ3v) is 8.55. The summed E-state index contributed by atoms with van der Waals surface area (Å²) >= 11 is 0. The Morgan fingerprint density at radius 3 is 2.39 bits per heavy atom. The molecule has 0 spiro atoms. The van der Waals surface area contributed by atoms with Crippen molar-refractivity contribution in [1.82, 2.24) is 14.5 Å². The van der Waals surface area contributed by atoms with Crippen molar-refractivity contribution in [2.45, 2.75) is 57.7 Å². The third-order valence-electron chi connectivity index (χ3n) is 6.75. The highest BCUT2D eigenvalue weighted by molar-refractivity contribution is 7.90. The van der Waals surface area contributed by atoms with Gasteiger partial charge in [-0.3, -0.25) is 9.59 Å². The molecule has 11 heteroatoms. The lowest BCUT2D eigenvalue weighted by Gasteiger charge is -2.34. The molecule has 38 heavy (non-hydrogen) atoms. The first-order valence-electron chi connectivity index (χ1n) is 12.7. The van der Waals surface area contributed by atoms with Gasteiger partial charge < -0.3 is 15.0 Å². The molecule has 0 unspecified atom stereocenters. The number of ether oxygens (including phenoxy) is 1. The minimum Gasteiger partial charge on any atom is -0.497 e. The van der Waals surface area contributed by atoms with Crippen molar-refractivity contribution in [3.63, 3.8) is 0 Å². The predicted octanol–water partition coefficient (Wildman–Crippen LogP) is 3.31. The topological polar surface area (TPSA) is 99.3 Å². The van der Waals surface area contributed by atoms with Gasteiger partial charge in [-0.15, -0.1) is 0 Å². The Morgan fingerprint density at radius 2 is 1.76 bits per heavy atom. The van der Waals surface area contributed by atoms with Crippen LogP contribution >= 0.6 is 0 Å². The number of amides is 2. The SMILES string of the molecule is COc1cccc(CN(C(=O)CN(c2ccccc2F)S(=O)(=O)N(C)C)[C@@H](C)C(=O)NC2CCCCC2)c1. The molecule has 1 saturated carbocycles. The molecule has 1 atom stereocenters. The van der Waals surface area contributed by atoms with Gasteiger partial charge in [-0.05, 0) is 49.6 Å². The number of carbonyl (C=O) groups excluding carboxylic acids is 2.